The van der Waals surface area contributed by atoms with Crippen LogP contribution in [0.1, 0.15) is 15.9 Å². The van der Waals surface area contributed by atoms with E-state index in [1.54, 1.807) is 30.3 Å². The van der Waals surface area contributed by atoms with Crippen molar-refractivity contribution >= 4 is 58.4 Å². The van der Waals surface area contributed by atoms with E-state index >= 15 is 0 Å². The van der Waals surface area contributed by atoms with Crippen molar-refractivity contribution < 1.29 is 14.4 Å². The highest BCUT2D eigenvalue weighted by Gasteiger charge is 2.35. The maximum atomic E-state index is 12.5. The van der Waals surface area contributed by atoms with Crippen molar-refractivity contribution in [2.75, 3.05) is 11.1 Å². The number of amides is 3. The number of thioether (sulfide) groups is 1. The van der Waals surface area contributed by atoms with E-state index < -0.39 is 29.5 Å². The van der Waals surface area contributed by atoms with E-state index in [0.29, 0.717) is 21.3 Å². The normalized spacial score (nSPS) is 20.6. The molecule has 164 valence electrons. The van der Waals surface area contributed by atoms with E-state index in [1.165, 1.54) is 0 Å². The number of carbonyl (C=O) groups is 3. The highest BCUT2D eigenvalue weighted by Crippen LogP contribution is 2.25. The summed E-state index contributed by atoms with van der Waals surface area (Å²) in [7, 11) is 0. The molecule has 1 saturated heterocycles. The number of aryl methyl sites for hydroxylation is 1. The molecule has 1 aliphatic rings. The highest BCUT2D eigenvalue weighted by molar-refractivity contribution is 8.00. The summed E-state index contributed by atoms with van der Waals surface area (Å²) in [6, 6.07) is 10.8. The summed E-state index contributed by atoms with van der Waals surface area (Å²) in [6.07, 6.45) is -0.821. The minimum absolute atomic E-state index is 0.0469. The summed E-state index contributed by atoms with van der Waals surface area (Å²) in [5, 5.41) is 11.7. The van der Waals surface area contributed by atoms with Gasteiger partial charge in [0.1, 0.15) is 11.5 Å². The van der Waals surface area contributed by atoms with Crippen LogP contribution in [0.25, 0.3) is 0 Å². The first-order chi connectivity index (χ1) is 14.7. The van der Waals surface area contributed by atoms with Gasteiger partial charge < -0.3 is 21.7 Å². The van der Waals surface area contributed by atoms with Crippen LogP contribution in [0.5, 0.6) is 0 Å². The molecule has 3 atom stereocenters. The molecule has 11 heteroatoms. The van der Waals surface area contributed by atoms with E-state index in [2.05, 4.69) is 21.3 Å². The van der Waals surface area contributed by atoms with Gasteiger partial charge in [0.2, 0.25) is 11.8 Å². The molecule has 0 aliphatic carbocycles. The van der Waals surface area contributed by atoms with Crippen LogP contribution >= 0.6 is 35.0 Å². The third-order valence-electron chi connectivity index (χ3n) is 4.44. The SMILES string of the molecule is Cc1ccc(C(=O)NC2C(=O)NC(SCC(=O)Nc3ccc(Cl)c(Cl)c3)NC2N)cc1. The van der Waals surface area contributed by atoms with Gasteiger partial charge >= 0.3 is 0 Å². The first-order valence-corrected chi connectivity index (χ1v) is 11.1. The summed E-state index contributed by atoms with van der Waals surface area (Å²) in [5.41, 5.74) is 7.42. The zero-order valence-corrected chi connectivity index (χ0v) is 18.8. The maximum absolute atomic E-state index is 12.5. The molecule has 0 bridgehead atoms. The average Bonchev–Trinajstić information content (AvgIpc) is 2.72. The molecule has 0 saturated carbocycles. The lowest BCUT2D eigenvalue weighted by molar-refractivity contribution is -0.125. The van der Waals surface area contributed by atoms with Crippen molar-refractivity contribution in [2.24, 2.45) is 5.73 Å². The Labute approximate surface area is 193 Å². The fourth-order valence-corrected chi connectivity index (χ4v) is 3.94. The Hall–Kier alpha value is -2.30. The molecule has 2 aromatic carbocycles. The molecule has 3 amide bonds. The van der Waals surface area contributed by atoms with E-state index in [-0.39, 0.29) is 11.7 Å². The van der Waals surface area contributed by atoms with Gasteiger partial charge in [-0.05, 0) is 37.3 Å². The van der Waals surface area contributed by atoms with Crippen molar-refractivity contribution in [2.45, 2.75) is 24.6 Å². The number of hydrogen-bond acceptors (Lipinski definition) is 6. The number of halogens is 2. The predicted octanol–water partition coefficient (Wildman–Crippen LogP) is 2.06. The third kappa shape index (κ3) is 6.34. The number of rotatable bonds is 6. The predicted molar refractivity (Wildman–Crippen MR) is 123 cm³/mol. The largest absolute Gasteiger partial charge is 0.338 e. The van der Waals surface area contributed by atoms with E-state index in [4.69, 9.17) is 28.9 Å². The number of benzene rings is 2. The average molecular weight is 482 g/mol. The van der Waals surface area contributed by atoms with Gasteiger partial charge in [0.05, 0.1) is 22.0 Å². The van der Waals surface area contributed by atoms with Crippen LogP contribution in [0.15, 0.2) is 42.5 Å². The zero-order chi connectivity index (χ0) is 22.5. The Bertz CT molecular complexity index is 989. The van der Waals surface area contributed by atoms with E-state index in [1.807, 2.05) is 19.1 Å². The van der Waals surface area contributed by atoms with Gasteiger partial charge in [-0.2, -0.15) is 0 Å². The molecule has 0 radical (unpaired) electrons. The zero-order valence-electron chi connectivity index (χ0n) is 16.4. The van der Waals surface area contributed by atoms with Gasteiger partial charge in [-0.15, -0.1) is 11.8 Å². The van der Waals surface area contributed by atoms with Gasteiger partial charge in [-0.1, -0.05) is 40.9 Å². The van der Waals surface area contributed by atoms with Crippen molar-refractivity contribution in [3.8, 4) is 0 Å². The Kier molecular flexibility index (Phi) is 7.79. The number of anilines is 1. The summed E-state index contributed by atoms with van der Waals surface area (Å²) < 4.78 is 0. The van der Waals surface area contributed by atoms with E-state index in [0.717, 1.165) is 17.3 Å². The molecule has 1 aliphatic heterocycles. The fraction of sp³-hybridized carbons (Fsp3) is 0.250. The van der Waals surface area contributed by atoms with Crippen LogP contribution in [0.4, 0.5) is 5.69 Å². The van der Waals surface area contributed by atoms with Crippen molar-refractivity contribution in [3.63, 3.8) is 0 Å². The minimum Gasteiger partial charge on any atom is -0.338 e. The van der Waals surface area contributed by atoms with E-state index in [9.17, 15) is 14.4 Å². The van der Waals surface area contributed by atoms with Crippen molar-refractivity contribution in [1.82, 2.24) is 16.0 Å². The molecule has 0 aromatic heterocycles. The standard InChI is InChI=1S/C20H21Cl2N5O3S/c1-10-2-4-11(5-3-10)18(29)25-16-17(23)26-20(27-19(16)30)31-9-15(28)24-12-6-7-13(21)14(22)8-12/h2-8,16-17,20,26H,9,23H2,1H3,(H,24,28)(H,25,29)(H,27,30). The second-order valence-electron chi connectivity index (χ2n) is 6.89. The second-order valence-corrected chi connectivity index (χ2v) is 8.79. The second kappa shape index (κ2) is 10.3. The summed E-state index contributed by atoms with van der Waals surface area (Å²) >= 11 is 12.9. The van der Waals surface area contributed by atoms with Crippen LogP contribution in [-0.2, 0) is 9.59 Å². The summed E-state index contributed by atoms with van der Waals surface area (Å²) in [5.74, 6) is -1.08. The number of nitrogens with two attached hydrogens (primary N) is 1. The highest BCUT2D eigenvalue weighted by atomic mass is 35.5. The van der Waals surface area contributed by atoms with Crippen LogP contribution < -0.4 is 27.0 Å². The first kappa shape index (κ1) is 23.4. The van der Waals surface area contributed by atoms with Gasteiger partial charge in [0, 0.05) is 11.3 Å². The summed E-state index contributed by atoms with van der Waals surface area (Å²) in [4.78, 5) is 37.0. The molecule has 1 heterocycles. The Morgan fingerprint density at radius 3 is 2.48 bits per heavy atom. The Morgan fingerprint density at radius 1 is 1.13 bits per heavy atom. The molecule has 2 aromatic rings. The van der Waals surface area contributed by atoms with Crippen molar-refractivity contribution in [3.05, 3.63) is 63.6 Å². The minimum atomic E-state index is -0.948. The van der Waals surface area contributed by atoms with Crippen LogP contribution in [0.3, 0.4) is 0 Å². The summed E-state index contributed by atoms with van der Waals surface area (Å²) in [6.45, 7) is 1.92. The lowest BCUT2D eigenvalue weighted by atomic mass is 10.1. The number of hydrogen-bond donors (Lipinski definition) is 5. The van der Waals surface area contributed by atoms with Crippen LogP contribution in [0.2, 0.25) is 10.0 Å². The van der Waals surface area contributed by atoms with Crippen LogP contribution in [-0.4, -0.2) is 41.2 Å². The Balaban J connectivity index is 1.49. The van der Waals surface area contributed by atoms with Gasteiger partial charge in [0.15, 0.2) is 0 Å². The maximum Gasteiger partial charge on any atom is 0.252 e. The topological polar surface area (TPSA) is 125 Å². The molecular formula is C20H21Cl2N5O3S. The molecule has 0 spiro atoms. The fourth-order valence-electron chi connectivity index (χ4n) is 2.80. The number of carbonyl (C=O) groups excluding carboxylic acids is 3. The monoisotopic (exact) mass is 481 g/mol. The molecule has 3 unspecified atom stereocenters. The molecule has 8 nitrogen and oxygen atoms in total. The lowest BCUT2D eigenvalue weighted by Gasteiger charge is -2.35. The van der Waals surface area contributed by atoms with Gasteiger partial charge in [0.25, 0.3) is 5.91 Å². The van der Waals surface area contributed by atoms with Gasteiger partial charge in [-0.25, -0.2) is 0 Å². The van der Waals surface area contributed by atoms with Crippen molar-refractivity contribution in [1.29, 1.82) is 0 Å². The van der Waals surface area contributed by atoms with Crippen LogP contribution in [0, 0.1) is 6.92 Å². The molecule has 6 N–H and O–H groups in total. The quantitative estimate of drug-likeness (QED) is 0.429. The number of nitrogens with one attached hydrogen (secondary N) is 4. The smallest absolute Gasteiger partial charge is 0.252 e. The van der Waals surface area contributed by atoms with Gasteiger partial charge in [-0.3, -0.25) is 19.7 Å². The molecule has 1 fully saturated rings. The molecular weight excluding hydrogens is 461 g/mol. The molecule has 31 heavy (non-hydrogen) atoms. The molecule has 3 rings (SSSR count). The Morgan fingerprint density at radius 2 is 1.84 bits per heavy atom. The lowest BCUT2D eigenvalue weighted by Crippen LogP contribution is -2.70. The first-order valence-electron chi connectivity index (χ1n) is 9.29. The third-order valence-corrected chi connectivity index (χ3v) is 6.20.